The van der Waals surface area contributed by atoms with Crippen LogP contribution in [-0.4, -0.2) is 22.4 Å². The number of hydrogen-bond donors (Lipinski definition) is 1. The van der Waals surface area contributed by atoms with E-state index in [1.807, 2.05) is 30.3 Å². The van der Waals surface area contributed by atoms with Crippen LogP contribution in [0.15, 0.2) is 48.8 Å². The zero-order valence-corrected chi connectivity index (χ0v) is 12.1. The van der Waals surface area contributed by atoms with E-state index in [2.05, 4.69) is 22.2 Å². The van der Waals surface area contributed by atoms with Gasteiger partial charge in [0.05, 0.1) is 0 Å². The molecule has 1 N–H and O–H groups in total. The molecule has 2 aromatic rings. The van der Waals surface area contributed by atoms with Crippen molar-refractivity contribution in [3.8, 4) is 11.4 Å². The van der Waals surface area contributed by atoms with Crippen molar-refractivity contribution in [2.75, 3.05) is 6.54 Å². The molecule has 21 heavy (non-hydrogen) atoms. The van der Waals surface area contributed by atoms with Crippen molar-refractivity contribution < 1.29 is 4.79 Å². The van der Waals surface area contributed by atoms with Crippen LogP contribution in [-0.2, 0) is 4.79 Å². The molecule has 0 aliphatic carbocycles. The van der Waals surface area contributed by atoms with E-state index in [-0.39, 0.29) is 5.91 Å². The predicted octanol–water partition coefficient (Wildman–Crippen LogP) is 3.07. The third-order valence-corrected chi connectivity index (χ3v) is 2.96. The molecule has 1 aromatic carbocycles. The van der Waals surface area contributed by atoms with Gasteiger partial charge in [-0.3, -0.25) is 4.79 Å². The minimum absolute atomic E-state index is 0.0874. The van der Waals surface area contributed by atoms with Crippen LogP contribution in [0.4, 0.5) is 0 Å². The highest BCUT2D eigenvalue weighted by Gasteiger charge is 1.99. The van der Waals surface area contributed by atoms with Crippen LogP contribution in [0.5, 0.6) is 0 Å². The van der Waals surface area contributed by atoms with Gasteiger partial charge in [-0.05, 0) is 12.5 Å². The zero-order chi connectivity index (χ0) is 14.9. The van der Waals surface area contributed by atoms with Gasteiger partial charge in [0, 0.05) is 36.1 Å². The molecule has 0 spiro atoms. The summed E-state index contributed by atoms with van der Waals surface area (Å²) >= 11 is 0. The highest BCUT2D eigenvalue weighted by molar-refractivity contribution is 5.91. The molecule has 1 heterocycles. The topological polar surface area (TPSA) is 54.9 Å². The number of nitrogens with zero attached hydrogens (tertiary/aromatic N) is 2. The second kappa shape index (κ2) is 7.94. The number of aromatic nitrogens is 2. The van der Waals surface area contributed by atoms with Gasteiger partial charge in [-0.1, -0.05) is 43.7 Å². The Labute approximate surface area is 125 Å². The molecule has 2 rings (SSSR count). The Kier molecular flexibility index (Phi) is 5.64. The molecule has 4 nitrogen and oxygen atoms in total. The van der Waals surface area contributed by atoms with Gasteiger partial charge in [0.15, 0.2) is 5.82 Å². The quantitative estimate of drug-likeness (QED) is 0.654. The number of amides is 1. The number of carbonyl (C=O) groups is 1. The molecule has 0 bridgehead atoms. The summed E-state index contributed by atoms with van der Waals surface area (Å²) in [5.41, 5.74) is 1.78. The summed E-state index contributed by atoms with van der Waals surface area (Å²) in [4.78, 5) is 20.2. The summed E-state index contributed by atoms with van der Waals surface area (Å²) in [6, 6.07) is 9.79. The van der Waals surface area contributed by atoms with Gasteiger partial charge < -0.3 is 5.32 Å². The van der Waals surface area contributed by atoms with Gasteiger partial charge in [0.25, 0.3) is 0 Å². The molecular weight excluding hydrogens is 262 g/mol. The maximum Gasteiger partial charge on any atom is 0.244 e. The molecule has 1 aromatic heterocycles. The third kappa shape index (κ3) is 4.84. The number of benzene rings is 1. The fourth-order valence-corrected chi connectivity index (χ4v) is 1.78. The van der Waals surface area contributed by atoms with Gasteiger partial charge >= 0.3 is 0 Å². The van der Waals surface area contributed by atoms with E-state index >= 15 is 0 Å². The number of hydrogen-bond acceptors (Lipinski definition) is 3. The fourth-order valence-electron chi connectivity index (χ4n) is 1.78. The maximum absolute atomic E-state index is 11.5. The SMILES string of the molecule is CCCCNC(=O)/C=C/c1cnc(-c2ccccc2)nc1. The summed E-state index contributed by atoms with van der Waals surface area (Å²) in [6.45, 7) is 2.80. The van der Waals surface area contributed by atoms with Crippen molar-refractivity contribution in [2.45, 2.75) is 19.8 Å². The van der Waals surface area contributed by atoms with Crippen molar-refractivity contribution in [3.63, 3.8) is 0 Å². The lowest BCUT2D eigenvalue weighted by Gasteiger charge is -2.00. The minimum atomic E-state index is -0.0874. The first-order chi connectivity index (χ1) is 10.3. The molecule has 108 valence electrons. The van der Waals surface area contributed by atoms with Crippen molar-refractivity contribution >= 4 is 12.0 Å². The van der Waals surface area contributed by atoms with Gasteiger partial charge in [-0.2, -0.15) is 0 Å². The average Bonchev–Trinajstić information content (AvgIpc) is 2.54. The van der Waals surface area contributed by atoms with Crippen LogP contribution in [0.1, 0.15) is 25.3 Å². The molecule has 0 fully saturated rings. The van der Waals surface area contributed by atoms with Crippen LogP contribution in [0.2, 0.25) is 0 Å². The van der Waals surface area contributed by atoms with Gasteiger partial charge in [-0.15, -0.1) is 0 Å². The van der Waals surface area contributed by atoms with Crippen molar-refractivity contribution in [2.24, 2.45) is 0 Å². The highest BCUT2D eigenvalue weighted by Crippen LogP contribution is 2.13. The zero-order valence-electron chi connectivity index (χ0n) is 12.1. The largest absolute Gasteiger partial charge is 0.353 e. The molecule has 0 aliphatic heterocycles. The summed E-state index contributed by atoms with van der Waals surface area (Å²) in [7, 11) is 0. The predicted molar refractivity (Wildman–Crippen MR) is 84.4 cm³/mol. The van der Waals surface area contributed by atoms with Crippen LogP contribution >= 0.6 is 0 Å². The first-order valence-corrected chi connectivity index (χ1v) is 7.13. The van der Waals surface area contributed by atoms with Crippen molar-refractivity contribution in [1.29, 1.82) is 0 Å². The van der Waals surface area contributed by atoms with Crippen molar-refractivity contribution in [1.82, 2.24) is 15.3 Å². The highest BCUT2D eigenvalue weighted by atomic mass is 16.1. The molecule has 0 saturated heterocycles. The number of carbonyl (C=O) groups excluding carboxylic acids is 1. The first-order valence-electron chi connectivity index (χ1n) is 7.13. The lowest BCUT2D eigenvalue weighted by Crippen LogP contribution is -2.21. The monoisotopic (exact) mass is 281 g/mol. The Morgan fingerprint density at radius 1 is 1.19 bits per heavy atom. The lowest BCUT2D eigenvalue weighted by molar-refractivity contribution is -0.116. The van der Waals surface area contributed by atoms with E-state index in [0.717, 1.165) is 24.0 Å². The minimum Gasteiger partial charge on any atom is -0.353 e. The van der Waals surface area contributed by atoms with E-state index in [9.17, 15) is 4.79 Å². The summed E-state index contributed by atoms with van der Waals surface area (Å²) in [5, 5.41) is 2.82. The smallest absolute Gasteiger partial charge is 0.244 e. The maximum atomic E-state index is 11.5. The standard InChI is InChI=1S/C17H19N3O/c1-2-3-11-18-16(21)10-9-14-12-19-17(20-13-14)15-7-5-4-6-8-15/h4-10,12-13H,2-3,11H2,1H3,(H,18,21)/b10-9+. The van der Waals surface area contributed by atoms with E-state index in [1.54, 1.807) is 18.5 Å². The third-order valence-electron chi connectivity index (χ3n) is 2.96. The van der Waals surface area contributed by atoms with Crippen LogP contribution in [0.25, 0.3) is 17.5 Å². The van der Waals surface area contributed by atoms with Gasteiger partial charge in [0.2, 0.25) is 5.91 Å². The average molecular weight is 281 g/mol. The summed E-state index contributed by atoms with van der Waals surface area (Å²) in [6.07, 6.45) is 8.72. The number of rotatable bonds is 6. The van der Waals surface area contributed by atoms with Crippen LogP contribution < -0.4 is 5.32 Å². The summed E-state index contributed by atoms with van der Waals surface area (Å²) in [5.74, 6) is 0.593. The Balaban J connectivity index is 1.95. The van der Waals surface area contributed by atoms with Gasteiger partial charge in [-0.25, -0.2) is 9.97 Å². The number of unbranched alkanes of at least 4 members (excludes halogenated alkanes) is 1. The van der Waals surface area contributed by atoms with Crippen molar-refractivity contribution in [3.05, 3.63) is 54.4 Å². The van der Waals surface area contributed by atoms with Crippen LogP contribution in [0.3, 0.4) is 0 Å². The Hall–Kier alpha value is -2.49. The molecular formula is C17H19N3O. The molecule has 0 saturated carbocycles. The summed E-state index contributed by atoms with van der Waals surface area (Å²) < 4.78 is 0. The number of nitrogens with one attached hydrogen (secondary N) is 1. The van der Waals surface area contributed by atoms with E-state index in [1.165, 1.54) is 6.08 Å². The molecule has 0 aliphatic rings. The molecule has 1 amide bonds. The molecule has 0 atom stereocenters. The Bertz CT molecular complexity index is 591. The van der Waals surface area contributed by atoms with E-state index in [4.69, 9.17) is 0 Å². The fraction of sp³-hybridized carbons (Fsp3) is 0.235. The molecule has 4 heteroatoms. The van der Waals surface area contributed by atoms with Gasteiger partial charge in [0.1, 0.15) is 0 Å². The Morgan fingerprint density at radius 3 is 2.57 bits per heavy atom. The van der Waals surface area contributed by atoms with E-state index in [0.29, 0.717) is 12.4 Å². The molecule has 0 unspecified atom stereocenters. The van der Waals surface area contributed by atoms with Crippen LogP contribution in [0, 0.1) is 0 Å². The normalized spacial score (nSPS) is 10.7. The molecule has 0 radical (unpaired) electrons. The first kappa shape index (κ1) is 14.9. The lowest BCUT2D eigenvalue weighted by atomic mass is 10.2. The second-order valence-corrected chi connectivity index (χ2v) is 4.68. The second-order valence-electron chi connectivity index (χ2n) is 4.68. The van der Waals surface area contributed by atoms with E-state index < -0.39 is 0 Å². The Morgan fingerprint density at radius 2 is 1.90 bits per heavy atom.